The zero-order valence-corrected chi connectivity index (χ0v) is 19.3. The molecule has 0 aromatic heterocycles. The van der Waals surface area contributed by atoms with Crippen molar-refractivity contribution in [3.63, 3.8) is 0 Å². The van der Waals surface area contributed by atoms with Gasteiger partial charge in [0.15, 0.2) is 0 Å². The molecular formula is C27H37NO3. The number of benzene rings is 2. The molecule has 2 aromatic carbocycles. The van der Waals surface area contributed by atoms with Crippen LogP contribution in [0, 0.1) is 17.2 Å². The van der Waals surface area contributed by atoms with E-state index in [9.17, 15) is 15.5 Å². The zero-order valence-electron chi connectivity index (χ0n) is 19.3. The molecule has 3 rings (SSSR count). The van der Waals surface area contributed by atoms with Crippen LogP contribution in [0.2, 0.25) is 0 Å². The highest BCUT2D eigenvalue weighted by atomic mass is 16.5. The molecule has 1 aliphatic heterocycles. The van der Waals surface area contributed by atoms with E-state index in [0.29, 0.717) is 30.7 Å². The summed E-state index contributed by atoms with van der Waals surface area (Å²) in [5, 5.41) is 29.1. The number of aliphatic hydroxyl groups is 2. The van der Waals surface area contributed by atoms with Crippen LogP contribution >= 0.6 is 0 Å². The standard InChI is InChI=1S/C25H31NO3.C2H6/c1-17(2)3-4-18-5-7-19(8-6-18)11-22-12-20(9-10-21(22)15-26)25-14-23(28)13-24(16-27)29-25;1-2/h5-10,12,17,23-25,27-28H,3-4,11,13-14,16H2,1-2H3;1-2H3. The van der Waals surface area contributed by atoms with E-state index in [4.69, 9.17) is 4.74 Å². The minimum atomic E-state index is -0.483. The third-order valence-electron chi connectivity index (χ3n) is 5.63. The minimum absolute atomic E-state index is 0.0974. The molecule has 3 unspecified atom stereocenters. The molecule has 1 saturated heterocycles. The molecule has 1 aliphatic rings. The van der Waals surface area contributed by atoms with Gasteiger partial charge in [-0.2, -0.15) is 5.26 Å². The van der Waals surface area contributed by atoms with Crippen LogP contribution in [-0.2, 0) is 17.6 Å². The summed E-state index contributed by atoms with van der Waals surface area (Å²) in [6.45, 7) is 8.38. The summed E-state index contributed by atoms with van der Waals surface area (Å²) in [6.07, 6.45) is 2.82. The number of aryl methyl sites for hydroxylation is 1. The first-order chi connectivity index (χ1) is 15.0. The van der Waals surface area contributed by atoms with E-state index in [0.717, 1.165) is 17.5 Å². The number of ether oxygens (including phenoxy) is 1. The fraction of sp³-hybridized carbons (Fsp3) is 0.519. The lowest BCUT2D eigenvalue weighted by molar-refractivity contribution is -0.113. The second-order valence-electron chi connectivity index (χ2n) is 8.51. The topological polar surface area (TPSA) is 73.5 Å². The van der Waals surface area contributed by atoms with Crippen molar-refractivity contribution in [2.45, 2.75) is 78.1 Å². The van der Waals surface area contributed by atoms with Gasteiger partial charge in [-0.15, -0.1) is 0 Å². The number of hydrogen-bond acceptors (Lipinski definition) is 4. The monoisotopic (exact) mass is 423 g/mol. The fourth-order valence-electron chi connectivity index (χ4n) is 3.89. The number of aliphatic hydroxyl groups excluding tert-OH is 2. The van der Waals surface area contributed by atoms with Crippen LogP contribution in [0.1, 0.15) is 80.9 Å². The van der Waals surface area contributed by atoms with Crippen molar-refractivity contribution in [1.29, 1.82) is 5.26 Å². The Morgan fingerprint density at radius 2 is 1.74 bits per heavy atom. The summed E-state index contributed by atoms with van der Waals surface area (Å²) < 4.78 is 5.94. The first-order valence-electron chi connectivity index (χ1n) is 11.5. The van der Waals surface area contributed by atoms with Gasteiger partial charge in [0, 0.05) is 12.8 Å². The highest BCUT2D eigenvalue weighted by Gasteiger charge is 2.29. The van der Waals surface area contributed by atoms with Gasteiger partial charge < -0.3 is 14.9 Å². The van der Waals surface area contributed by atoms with E-state index in [2.05, 4.69) is 44.2 Å². The molecule has 0 amide bonds. The van der Waals surface area contributed by atoms with Crippen molar-refractivity contribution in [2.75, 3.05) is 6.61 Å². The van der Waals surface area contributed by atoms with Crippen molar-refractivity contribution in [3.8, 4) is 6.07 Å². The van der Waals surface area contributed by atoms with Crippen molar-refractivity contribution in [1.82, 2.24) is 0 Å². The number of rotatable bonds is 7. The number of hydrogen-bond donors (Lipinski definition) is 2. The zero-order chi connectivity index (χ0) is 22.8. The molecule has 0 radical (unpaired) electrons. The number of nitrogens with zero attached hydrogens (tertiary/aromatic N) is 1. The van der Waals surface area contributed by atoms with Gasteiger partial charge in [0.25, 0.3) is 0 Å². The molecule has 4 heteroatoms. The predicted octanol–water partition coefficient (Wildman–Crippen LogP) is 5.34. The Balaban J connectivity index is 0.00000166. The van der Waals surface area contributed by atoms with Gasteiger partial charge in [-0.1, -0.05) is 64.1 Å². The summed E-state index contributed by atoms with van der Waals surface area (Å²) in [5.41, 5.74) is 5.09. The van der Waals surface area contributed by atoms with Crippen LogP contribution in [0.3, 0.4) is 0 Å². The predicted molar refractivity (Wildman–Crippen MR) is 125 cm³/mol. The van der Waals surface area contributed by atoms with Crippen LogP contribution in [0.5, 0.6) is 0 Å². The van der Waals surface area contributed by atoms with Gasteiger partial charge in [0.05, 0.1) is 36.6 Å². The van der Waals surface area contributed by atoms with Crippen molar-refractivity contribution >= 4 is 0 Å². The molecule has 0 saturated carbocycles. The Kier molecular flexibility index (Phi) is 10.2. The average Bonchev–Trinajstić information content (AvgIpc) is 2.79. The summed E-state index contributed by atoms with van der Waals surface area (Å²) in [7, 11) is 0. The van der Waals surface area contributed by atoms with E-state index in [1.54, 1.807) is 0 Å². The van der Waals surface area contributed by atoms with Gasteiger partial charge in [-0.25, -0.2) is 0 Å². The molecule has 31 heavy (non-hydrogen) atoms. The van der Waals surface area contributed by atoms with Crippen LogP contribution in [-0.4, -0.2) is 29.0 Å². The molecule has 3 atom stereocenters. The van der Waals surface area contributed by atoms with Gasteiger partial charge >= 0.3 is 0 Å². The lowest BCUT2D eigenvalue weighted by Crippen LogP contribution is -2.33. The van der Waals surface area contributed by atoms with Crippen LogP contribution in [0.25, 0.3) is 0 Å². The van der Waals surface area contributed by atoms with Crippen molar-refractivity contribution in [3.05, 3.63) is 70.3 Å². The lowest BCUT2D eigenvalue weighted by Gasteiger charge is -2.32. The SMILES string of the molecule is CC.CC(C)CCc1ccc(Cc2cc(C3CC(O)CC(CO)O3)ccc2C#N)cc1. The maximum atomic E-state index is 10.1. The summed E-state index contributed by atoms with van der Waals surface area (Å²) in [5.74, 6) is 0.696. The minimum Gasteiger partial charge on any atom is -0.394 e. The summed E-state index contributed by atoms with van der Waals surface area (Å²) in [6, 6.07) is 16.7. The molecule has 1 heterocycles. The summed E-state index contributed by atoms with van der Waals surface area (Å²) >= 11 is 0. The molecule has 0 aliphatic carbocycles. The Morgan fingerprint density at radius 1 is 1.06 bits per heavy atom. The first-order valence-corrected chi connectivity index (χ1v) is 11.5. The van der Waals surface area contributed by atoms with Gasteiger partial charge in [0.1, 0.15) is 0 Å². The molecule has 0 spiro atoms. The van der Waals surface area contributed by atoms with Crippen LogP contribution < -0.4 is 0 Å². The largest absolute Gasteiger partial charge is 0.394 e. The third-order valence-corrected chi connectivity index (χ3v) is 5.63. The molecule has 168 valence electrons. The maximum Gasteiger partial charge on any atom is 0.0994 e. The Hall–Kier alpha value is -2.19. The van der Waals surface area contributed by atoms with E-state index in [1.165, 1.54) is 17.5 Å². The van der Waals surface area contributed by atoms with Gasteiger partial charge in [-0.3, -0.25) is 0 Å². The molecule has 0 bridgehead atoms. The molecular weight excluding hydrogens is 386 g/mol. The van der Waals surface area contributed by atoms with E-state index >= 15 is 0 Å². The molecule has 2 N–H and O–H groups in total. The van der Waals surface area contributed by atoms with Crippen LogP contribution in [0.15, 0.2) is 42.5 Å². The third kappa shape index (κ3) is 7.47. The van der Waals surface area contributed by atoms with E-state index < -0.39 is 6.10 Å². The Morgan fingerprint density at radius 3 is 2.35 bits per heavy atom. The second-order valence-corrected chi connectivity index (χ2v) is 8.51. The average molecular weight is 424 g/mol. The fourth-order valence-corrected chi connectivity index (χ4v) is 3.89. The van der Waals surface area contributed by atoms with E-state index in [1.807, 2.05) is 32.0 Å². The quantitative estimate of drug-likeness (QED) is 0.631. The van der Waals surface area contributed by atoms with E-state index in [-0.39, 0.29) is 18.8 Å². The molecule has 1 fully saturated rings. The maximum absolute atomic E-state index is 10.1. The van der Waals surface area contributed by atoms with Crippen LogP contribution in [0.4, 0.5) is 0 Å². The second kappa shape index (κ2) is 12.6. The highest BCUT2D eigenvalue weighted by Crippen LogP contribution is 2.32. The Bertz CT molecular complexity index is 839. The number of nitriles is 1. The normalized spacial score (nSPS) is 20.6. The highest BCUT2D eigenvalue weighted by molar-refractivity contribution is 5.44. The lowest BCUT2D eigenvalue weighted by atomic mass is 9.92. The Labute approximate surface area is 187 Å². The summed E-state index contributed by atoms with van der Waals surface area (Å²) in [4.78, 5) is 0. The molecule has 4 nitrogen and oxygen atoms in total. The first kappa shape index (κ1) is 25.1. The van der Waals surface area contributed by atoms with Crippen molar-refractivity contribution < 1.29 is 14.9 Å². The molecule has 2 aromatic rings. The van der Waals surface area contributed by atoms with Gasteiger partial charge in [0.2, 0.25) is 0 Å². The van der Waals surface area contributed by atoms with Gasteiger partial charge in [-0.05, 0) is 53.5 Å². The smallest absolute Gasteiger partial charge is 0.0994 e. The van der Waals surface area contributed by atoms with Crippen molar-refractivity contribution in [2.24, 2.45) is 5.92 Å².